The maximum absolute atomic E-state index is 13.1. The average molecular weight is 565 g/mol. The van der Waals surface area contributed by atoms with Crippen LogP contribution in [0.15, 0.2) is 77.3 Å². The number of aromatic nitrogens is 1. The van der Waals surface area contributed by atoms with E-state index in [2.05, 4.69) is 10.5 Å². The zero-order chi connectivity index (χ0) is 29.4. The molecule has 7 nitrogen and oxygen atoms in total. The number of rotatable bonds is 8. The van der Waals surface area contributed by atoms with Gasteiger partial charge in [-0.15, -0.1) is 0 Å². The number of amides is 1. The van der Waals surface area contributed by atoms with Gasteiger partial charge in [0.1, 0.15) is 17.5 Å². The average Bonchev–Trinajstić information content (AvgIpc) is 3.65. The van der Waals surface area contributed by atoms with Gasteiger partial charge in [0.05, 0.1) is 11.0 Å². The van der Waals surface area contributed by atoms with Gasteiger partial charge >= 0.3 is 18.2 Å². The Bertz CT molecular complexity index is 1570. The van der Waals surface area contributed by atoms with Gasteiger partial charge in [-0.1, -0.05) is 65.8 Å². The molecular weight excluding hydrogens is 537 g/mol. The van der Waals surface area contributed by atoms with Crippen molar-refractivity contribution in [2.24, 2.45) is 5.41 Å². The van der Waals surface area contributed by atoms with Gasteiger partial charge in [0.2, 0.25) is 0 Å². The highest BCUT2D eigenvalue weighted by atomic mass is 19.4. The van der Waals surface area contributed by atoms with Crippen molar-refractivity contribution in [3.63, 3.8) is 0 Å². The van der Waals surface area contributed by atoms with Gasteiger partial charge in [-0.3, -0.25) is 10.1 Å². The summed E-state index contributed by atoms with van der Waals surface area (Å²) in [5.41, 5.74) is 2.96. The standard InChI is InChI=1S/C31H27F3N2O5/c1-18-26(35-29(39)40-19(2)24-4-3-5-25(16-24)31(32,33)34)27(41-36-18)23-12-10-22(11-13-23)21-8-6-20(7-9-21)17-30(14-15-30)28(37)38/h3-13,16,19H,14-15,17H2,1-2H3,(H,35,39)(H,37,38). The summed E-state index contributed by atoms with van der Waals surface area (Å²) >= 11 is 0. The Morgan fingerprint density at radius 2 is 1.63 bits per heavy atom. The lowest BCUT2D eigenvalue weighted by atomic mass is 9.94. The normalized spacial score (nSPS) is 14.8. The quantitative estimate of drug-likeness (QED) is 0.225. The predicted molar refractivity (Wildman–Crippen MR) is 145 cm³/mol. The Balaban J connectivity index is 1.26. The molecule has 1 aliphatic rings. The fourth-order valence-corrected chi connectivity index (χ4v) is 4.68. The van der Waals surface area contributed by atoms with Crippen molar-refractivity contribution in [3.8, 4) is 22.5 Å². The number of benzene rings is 3. The molecule has 1 atom stereocenters. The number of hydrogen-bond donors (Lipinski definition) is 2. The van der Waals surface area contributed by atoms with E-state index in [4.69, 9.17) is 9.26 Å². The maximum Gasteiger partial charge on any atom is 0.416 e. The van der Waals surface area contributed by atoms with Crippen molar-refractivity contribution in [1.29, 1.82) is 0 Å². The molecule has 1 amide bonds. The number of carboxylic acid groups (broad SMARTS) is 1. The van der Waals surface area contributed by atoms with Crippen LogP contribution >= 0.6 is 0 Å². The van der Waals surface area contributed by atoms with Crippen molar-refractivity contribution in [3.05, 3.63) is 95.2 Å². The number of nitrogens with one attached hydrogen (secondary N) is 1. The molecule has 0 spiro atoms. The minimum absolute atomic E-state index is 0.204. The molecule has 1 unspecified atom stereocenters. The Morgan fingerprint density at radius 1 is 1.02 bits per heavy atom. The van der Waals surface area contributed by atoms with Crippen LogP contribution in [0.1, 0.15) is 48.3 Å². The second-order valence-corrected chi connectivity index (χ2v) is 10.3. The van der Waals surface area contributed by atoms with Gasteiger partial charge in [-0.2, -0.15) is 13.2 Å². The summed E-state index contributed by atoms with van der Waals surface area (Å²) in [6.45, 7) is 3.13. The topological polar surface area (TPSA) is 102 Å². The first-order valence-corrected chi connectivity index (χ1v) is 13.0. The molecule has 1 aliphatic carbocycles. The van der Waals surface area contributed by atoms with Crippen LogP contribution in [-0.4, -0.2) is 22.3 Å². The van der Waals surface area contributed by atoms with E-state index in [1.807, 2.05) is 48.5 Å². The van der Waals surface area contributed by atoms with Gasteiger partial charge in [0.25, 0.3) is 0 Å². The predicted octanol–water partition coefficient (Wildman–Crippen LogP) is 8.05. The highest BCUT2D eigenvalue weighted by Crippen LogP contribution is 2.48. The van der Waals surface area contributed by atoms with Crippen LogP contribution < -0.4 is 5.32 Å². The number of aryl methyl sites for hydroxylation is 1. The third-order valence-corrected chi connectivity index (χ3v) is 7.34. The second-order valence-electron chi connectivity index (χ2n) is 10.3. The van der Waals surface area contributed by atoms with Crippen molar-refractivity contribution >= 4 is 17.7 Å². The number of ether oxygens (including phenoxy) is 1. The third-order valence-electron chi connectivity index (χ3n) is 7.34. The molecule has 41 heavy (non-hydrogen) atoms. The summed E-state index contributed by atoms with van der Waals surface area (Å²) < 4.78 is 50.0. The van der Waals surface area contributed by atoms with Crippen LogP contribution in [0, 0.1) is 12.3 Å². The summed E-state index contributed by atoms with van der Waals surface area (Å²) in [5.74, 6) is -0.441. The minimum atomic E-state index is -4.51. The van der Waals surface area contributed by atoms with Crippen LogP contribution in [0.5, 0.6) is 0 Å². The molecule has 5 rings (SSSR count). The fourth-order valence-electron chi connectivity index (χ4n) is 4.68. The molecule has 1 aromatic heterocycles. The van der Waals surface area contributed by atoms with E-state index in [-0.39, 0.29) is 11.3 Å². The molecule has 0 bridgehead atoms. The summed E-state index contributed by atoms with van der Waals surface area (Å²) in [4.78, 5) is 24.1. The number of anilines is 1. The second kappa shape index (κ2) is 10.8. The summed E-state index contributed by atoms with van der Waals surface area (Å²) in [6, 6.07) is 19.8. The zero-order valence-electron chi connectivity index (χ0n) is 22.3. The van der Waals surface area contributed by atoms with E-state index < -0.39 is 35.3 Å². The van der Waals surface area contributed by atoms with Gasteiger partial charge in [-0.05, 0) is 67.5 Å². The molecule has 1 heterocycles. The first-order chi connectivity index (χ1) is 19.4. The van der Waals surface area contributed by atoms with Gasteiger partial charge in [0.15, 0.2) is 5.76 Å². The lowest BCUT2D eigenvalue weighted by Gasteiger charge is -2.16. The van der Waals surface area contributed by atoms with Crippen LogP contribution in [0.2, 0.25) is 0 Å². The first kappa shape index (κ1) is 27.9. The molecule has 0 aliphatic heterocycles. The van der Waals surface area contributed by atoms with Crippen LogP contribution in [0.3, 0.4) is 0 Å². The Labute approximate surface area is 233 Å². The van der Waals surface area contributed by atoms with E-state index in [1.165, 1.54) is 19.1 Å². The lowest BCUT2D eigenvalue weighted by Crippen LogP contribution is -2.17. The highest BCUT2D eigenvalue weighted by molar-refractivity contribution is 5.91. The van der Waals surface area contributed by atoms with Gasteiger partial charge in [-0.25, -0.2) is 4.79 Å². The molecular formula is C31H27F3N2O5. The molecule has 0 saturated heterocycles. The number of carbonyl (C=O) groups excluding carboxylic acids is 1. The number of halogens is 3. The lowest BCUT2D eigenvalue weighted by molar-refractivity contribution is -0.143. The summed E-state index contributed by atoms with van der Waals surface area (Å²) in [5, 5.41) is 16.0. The number of alkyl halides is 3. The minimum Gasteiger partial charge on any atom is -0.481 e. The highest BCUT2D eigenvalue weighted by Gasteiger charge is 2.49. The number of nitrogens with zero attached hydrogens (tertiary/aromatic N) is 1. The van der Waals surface area contributed by atoms with Gasteiger partial charge < -0.3 is 14.4 Å². The number of hydrogen-bond acceptors (Lipinski definition) is 5. The third kappa shape index (κ3) is 6.11. The van der Waals surface area contributed by atoms with E-state index in [1.54, 1.807) is 6.92 Å². The monoisotopic (exact) mass is 564 g/mol. The molecule has 212 valence electrons. The fraction of sp³-hybridized carbons (Fsp3) is 0.258. The van der Waals surface area contributed by atoms with E-state index in [9.17, 15) is 27.9 Å². The van der Waals surface area contributed by atoms with Crippen molar-refractivity contribution in [2.75, 3.05) is 5.32 Å². The molecule has 4 aromatic rings. The summed E-state index contributed by atoms with van der Waals surface area (Å²) in [7, 11) is 0. The van der Waals surface area contributed by atoms with Gasteiger partial charge in [0, 0.05) is 5.56 Å². The molecule has 3 aromatic carbocycles. The maximum atomic E-state index is 13.1. The Morgan fingerprint density at radius 3 is 2.22 bits per heavy atom. The number of carbonyl (C=O) groups is 2. The molecule has 1 fully saturated rings. The van der Waals surface area contributed by atoms with Crippen molar-refractivity contribution < 1.29 is 37.1 Å². The molecule has 2 N–H and O–H groups in total. The Kier molecular flexibility index (Phi) is 7.33. The molecule has 10 heteroatoms. The zero-order valence-corrected chi connectivity index (χ0v) is 22.3. The number of aliphatic carboxylic acids is 1. The largest absolute Gasteiger partial charge is 0.481 e. The SMILES string of the molecule is Cc1noc(-c2ccc(-c3ccc(CC4(C(=O)O)CC4)cc3)cc2)c1NC(=O)OC(C)c1cccc(C(F)(F)F)c1. The van der Waals surface area contributed by atoms with Crippen molar-refractivity contribution in [1.82, 2.24) is 5.16 Å². The summed E-state index contributed by atoms with van der Waals surface area (Å²) in [6.07, 6.45) is -4.39. The first-order valence-electron chi connectivity index (χ1n) is 13.0. The van der Waals surface area contributed by atoms with Crippen LogP contribution in [0.4, 0.5) is 23.7 Å². The van der Waals surface area contributed by atoms with E-state index in [0.29, 0.717) is 36.3 Å². The van der Waals surface area contributed by atoms with E-state index in [0.717, 1.165) is 28.8 Å². The molecule has 0 radical (unpaired) electrons. The smallest absolute Gasteiger partial charge is 0.416 e. The van der Waals surface area contributed by atoms with Crippen LogP contribution in [0.25, 0.3) is 22.5 Å². The number of carboxylic acids is 1. The van der Waals surface area contributed by atoms with Crippen LogP contribution in [-0.2, 0) is 22.1 Å². The Hall–Kier alpha value is -4.60. The molecule has 1 saturated carbocycles. The van der Waals surface area contributed by atoms with Crippen molar-refractivity contribution in [2.45, 2.75) is 45.4 Å². The van der Waals surface area contributed by atoms with E-state index >= 15 is 0 Å².